The van der Waals surface area contributed by atoms with Crippen molar-refractivity contribution >= 4 is 17.6 Å². The van der Waals surface area contributed by atoms with Crippen LogP contribution >= 0.6 is 11.6 Å². The summed E-state index contributed by atoms with van der Waals surface area (Å²) in [5.74, 6) is -0.917. The molecule has 0 unspecified atom stereocenters. The van der Waals surface area contributed by atoms with Crippen LogP contribution in [-0.4, -0.2) is 11.1 Å². The molecule has 1 N–H and O–H groups in total. The number of aliphatic carboxylic acids is 1. The lowest BCUT2D eigenvalue weighted by Crippen LogP contribution is -2.18. The van der Waals surface area contributed by atoms with Crippen LogP contribution in [0.2, 0.25) is 0 Å². The Morgan fingerprint density at radius 1 is 1.64 bits per heavy atom. The zero-order chi connectivity index (χ0) is 8.85. The molecule has 3 heteroatoms. The van der Waals surface area contributed by atoms with Crippen LogP contribution in [0.25, 0.3) is 0 Å². The number of halogens is 1. The predicted octanol–water partition coefficient (Wildman–Crippen LogP) is 2.49. The van der Waals surface area contributed by atoms with Crippen molar-refractivity contribution in [1.82, 2.24) is 0 Å². The third kappa shape index (κ3) is 4.04. The summed E-state index contributed by atoms with van der Waals surface area (Å²) in [4.78, 5) is 10.6. The molecule has 0 heterocycles. The van der Waals surface area contributed by atoms with Crippen LogP contribution in [0.3, 0.4) is 0 Å². The van der Waals surface area contributed by atoms with Gasteiger partial charge in [0.15, 0.2) is 0 Å². The Hall–Kier alpha value is -0.500. The van der Waals surface area contributed by atoms with E-state index in [9.17, 15) is 4.79 Å². The molecule has 0 radical (unpaired) electrons. The van der Waals surface area contributed by atoms with E-state index in [-0.39, 0.29) is 11.8 Å². The van der Waals surface area contributed by atoms with E-state index in [0.717, 1.165) is 0 Å². The Labute approximate surface area is 71.9 Å². The molecule has 0 saturated carbocycles. The largest absolute Gasteiger partial charge is 0.481 e. The van der Waals surface area contributed by atoms with E-state index in [1.165, 1.54) is 5.54 Å². The number of carbonyl (C=O) groups is 1. The van der Waals surface area contributed by atoms with Gasteiger partial charge in [0, 0.05) is 5.54 Å². The van der Waals surface area contributed by atoms with Gasteiger partial charge >= 0.3 is 5.97 Å². The molecule has 0 aromatic rings. The van der Waals surface area contributed by atoms with Crippen molar-refractivity contribution in [2.45, 2.75) is 20.3 Å². The molecule has 0 aliphatic rings. The molecule has 11 heavy (non-hydrogen) atoms. The van der Waals surface area contributed by atoms with Gasteiger partial charge in [-0.1, -0.05) is 31.5 Å². The fraction of sp³-hybridized carbons (Fsp3) is 0.625. The average molecular weight is 177 g/mol. The molecular weight excluding hydrogens is 164 g/mol. The maximum absolute atomic E-state index is 10.6. The second-order valence-electron chi connectivity index (χ2n) is 2.79. The molecular formula is C8H13ClO2. The number of hydrogen-bond acceptors (Lipinski definition) is 1. The van der Waals surface area contributed by atoms with Gasteiger partial charge in [-0.2, -0.15) is 0 Å². The maximum atomic E-state index is 10.6. The summed E-state index contributed by atoms with van der Waals surface area (Å²) in [5, 5.41) is 8.69. The van der Waals surface area contributed by atoms with Crippen molar-refractivity contribution in [2.24, 2.45) is 11.8 Å². The lowest BCUT2D eigenvalue weighted by molar-refractivity contribution is -0.143. The zero-order valence-electron chi connectivity index (χ0n) is 6.75. The van der Waals surface area contributed by atoms with Gasteiger partial charge < -0.3 is 5.11 Å². The van der Waals surface area contributed by atoms with E-state index in [0.29, 0.717) is 6.42 Å². The molecule has 0 aromatic heterocycles. The minimum atomic E-state index is -0.755. The van der Waals surface area contributed by atoms with Gasteiger partial charge in [0.25, 0.3) is 0 Å². The molecule has 64 valence electrons. The lowest BCUT2D eigenvalue weighted by atomic mass is 9.93. The van der Waals surface area contributed by atoms with Gasteiger partial charge in [-0.15, -0.1) is 0 Å². The highest BCUT2D eigenvalue weighted by Gasteiger charge is 2.19. The van der Waals surface area contributed by atoms with Gasteiger partial charge in [0.1, 0.15) is 0 Å². The van der Waals surface area contributed by atoms with Crippen LogP contribution in [0.5, 0.6) is 0 Å². The van der Waals surface area contributed by atoms with E-state index in [1.54, 1.807) is 6.08 Å². The number of allylic oxidation sites excluding steroid dienone is 1. The third-order valence-corrected chi connectivity index (χ3v) is 1.78. The molecule has 0 spiro atoms. The minimum Gasteiger partial charge on any atom is -0.481 e. The average Bonchev–Trinajstić information content (AvgIpc) is 1.87. The number of carboxylic acid groups (broad SMARTS) is 1. The summed E-state index contributed by atoms with van der Waals surface area (Å²) in [6, 6.07) is 0. The number of carboxylic acids is 1. The Morgan fingerprint density at radius 3 is 2.45 bits per heavy atom. The highest BCUT2D eigenvalue weighted by molar-refractivity contribution is 6.25. The summed E-state index contributed by atoms with van der Waals surface area (Å²) >= 11 is 5.28. The van der Waals surface area contributed by atoms with Crippen LogP contribution in [0.1, 0.15) is 20.3 Å². The molecule has 0 aromatic carbocycles. The van der Waals surface area contributed by atoms with Crippen LogP contribution < -0.4 is 0 Å². The van der Waals surface area contributed by atoms with Gasteiger partial charge in [-0.05, 0) is 12.3 Å². The highest BCUT2D eigenvalue weighted by Crippen LogP contribution is 2.15. The smallest absolute Gasteiger partial charge is 0.307 e. The van der Waals surface area contributed by atoms with E-state index in [4.69, 9.17) is 16.7 Å². The third-order valence-electron chi connectivity index (χ3n) is 1.60. The fourth-order valence-electron chi connectivity index (χ4n) is 0.856. The molecule has 0 aliphatic heterocycles. The maximum Gasteiger partial charge on any atom is 0.307 e. The molecule has 0 saturated heterocycles. The van der Waals surface area contributed by atoms with Crippen molar-refractivity contribution < 1.29 is 9.90 Å². The van der Waals surface area contributed by atoms with E-state index in [2.05, 4.69) is 0 Å². The second kappa shape index (κ2) is 5.19. The van der Waals surface area contributed by atoms with E-state index < -0.39 is 5.97 Å². The molecule has 0 fully saturated rings. The molecule has 2 nitrogen and oxygen atoms in total. The SMILES string of the molecule is CC(C)[C@@H](CC=CCl)C(=O)O. The van der Waals surface area contributed by atoms with E-state index in [1.807, 2.05) is 13.8 Å². The van der Waals surface area contributed by atoms with Gasteiger partial charge in [-0.25, -0.2) is 0 Å². The molecule has 1 atom stereocenters. The predicted molar refractivity (Wildman–Crippen MR) is 45.6 cm³/mol. The first-order chi connectivity index (χ1) is 5.09. The van der Waals surface area contributed by atoms with Crippen molar-refractivity contribution in [3.63, 3.8) is 0 Å². The van der Waals surface area contributed by atoms with Crippen molar-refractivity contribution in [1.29, 1.82) is 0 Å². The fourth-order valence-corrected chi connectivity index (χ4v) is 0.959. The normalized spacial score (nSPS) is 14.2. The summed E-state index contributed by atoms with van der Waals surface area (Å²) in [6.07, 6.45) is 2.18. The first kappa shape index (κ1) is 10.5. The van der Waals surface area contributed by atoms with Crippen LogP contribution in [0.15, 0.2) is 11.6 Å². The van der Waals surface area contributed by atoms with Crippen molar-refractivity contribution in [2.75, 3.05) is 0 Å². The Balaban J connectivity index is 4.00. The first-order valence-electron chi connectivity index (χ1n) is 3.57. The van der Waals surface area contributed by atoms with E-state index >= 15 is 0 Å². The van der Waals surface area contributed by atoms with Crippen LogP contribution in [0.4, 0.5) is 0 Å². The standard InChI is InChI=1S/C8H13ClO2/c1-6(2)7(8(10)11)4-3-5-9/h3,5-7H,4H2,1-2H3,(H,10,11)/t7-/m1/s1. The highest BCUT2D eigenvalue weighted by atomic mass is 35.5. The summed E-state index contributed by atoms with van der Waals surface area (Å²) in [5.41, 5.74) is 1.36. The van der Waals surface area contributed by atoms with Gasteiger partial charge in [-0.3, -0.25) is 4.79 Å². The molecule has 0 bridgehead atoms. The molecule has 0 amide bonds. The quantitative estimate of drug-likeness (QED) is 0.715. The Morgan fingerprint density at radius 2 is 2.18 bits per heavy atom. The monoisotopic (exact) mass is 176 g/mol. The number of rotatable bonds is 4. The minimum absolute atomic E-state index is 0.153. The summed E-state index contributed by atoms with van der Waals surface area (Å²) in [6.45, 7) is 3.78. The Kier molecular flexibility index (Phi) is 4.95. The molecule has 0 rings (SSSR count). The van der Waals surface area contributed by atoms with Crippen molar-refractivity contribution in [3.05, 3.63) is 11.6 Å². The Bertz CT molecular complexity index is 152. The van der Waals surface area contributed by atoms with Crippen molar-refractivity contribution in [3.8, 4) is 0 Å². The van der Waals surface area contributed by atoms with Gasteiger partial charge in [0.05, 0.1) is 5.92 Å². The summed E-state index contributed by atoms with van der Waals surface area (Å²) < 4.78 is 0. The topological polar surface area (TPSA) is 37.3 Å². The van der Waals surface area contributed by atoms with Gasteiger partial charge in [0.2, 0.25) is 0 Å². The second-order valence-corrected chi connectivity index (χ2v) is 3.04. The molecule has 0 aliphatic carbocycles. The zero-order valence-corrected chi connectivity index (χ0v) is 7.51. The summed E-state index contributed by atoms with van der Waals surface area (Å²) in [7, 11) is 0. The number of hydrogen-bond donors (Lipinski definition) is 1. The first-order valence-corrected chi connectivity index (χ1v) is 4.01. The lowest BCUT2D eigenvalue weighted by Gasteiger charge is -2.12. The van der Waals surface area contributed by atoms with Crippen LogP contribution in [-0.2, 0) is 4.79 Å². The van der Waals surface area contributed by atoms with Crippen LogP contribution in [0, 0.1) is 11.8 Å².